The maximum Gasteiger partial charge on any atom is 0.522 e. The topological polar surface area (TPSA) is 21.3 Å². The van der Waals surface area contributed by atoms with E-state index in [9.17, 15) is 13.2 Å². The molecule has 0 saturated heterocycles. The third kappa shape index (κ3) is 5.27. The molecule has 0 saturated carbocycles. The van der Waals surface area contributed by atoms with Gasteiger partial charge in [0.15, 0.2) is 0 Å². The lowest BCUT2D eigenvalue weighted by atomic mass is 10.2. The fourth-order valence-electron chi connectivity index (χ4n) is 1.12. The number of nitrogens with one attached hydrogen (secondary N) is 1. The van der Waals surface area contributed by atoms with E-state index in [0.717, 1.165) is 11.3 Å². The first-order chi connectivity index (χ1) is 6.97. The first-order valence-corrected chi connectivity index (χ1v) is 4.48. The number of ether oxygens (including phenoxy) is 1. The van der Waals surface area contributed by atoms with E-state index in [-0.39, 0.29) is 6.54 Å². The van der Waals surface area contributed by atoms with Crippen molar-refractivity contribution < 1.29 is 17.9 Å². The van der Waals surface area contributed by atoms with Gasteiger partial charge in [-0.25, -0.2) is 0 Å². The van der Waals surface area contributed by atoms with Gasteiger partial charge in [-0.1, -0.05) is 12.1 Å². The summed E-state index contributed by atoms with van der Waals surface area (Å²) in [5.41, 5.74) is 1.84. The first-order valence-electron chi connectivity index (χ1n) is 4.48. The normalized spacial score (nSPS) is 11.5. The molecule has 84 valence electrons. The highest BCUT2D eigenvalue weighted by molar-refractivity contribution is 5.45. The Balaban J connectivity index is 2.26. The number of anilines is 1. The van der Waals surface area contributed by atoms with E-state index in [0.29, 0.717) is 0 Å². The Hall–Kier alpha value is -1.23. The highest BCUT2D eigenvalue weighted by atomic mass is 19.4. The molecule has 0 spiro atoms. The second kappa shape index (κ2) is 5.02. The van der Waals surface area contributed by atoms with Gasteiger partial charge in [0.25, 0.3) is 0 Å². The van der Waals surface area contributed by atoms with Gasteiger partial charge in [0, 0.05) is 12.2 Å². The van der Waals surface area contributed by atoms with Crippen molar-refractivity contribution in [2.75, 3.05) is 18.5 Å². The second-order valence-electron chi connectivity index (χ2n) is 3.09. The minimum absolute atomic E-state index is 0.128. The molecule has 0 aliphatic carbocycles. The van der Waals surface area contributed by atoms with E-state index in [1.807, 2.05) is 25.1 Å². The highest BCUT2D eigenvalue weighted by Gasteiger charge is 2.28. The lowest BCUT2D eigenvalue weighted by molar-refractivity contribution is -0.322. The Kier molecular flexibility index (Phi) is 3.96. The number of halogens is 3. The molecule has 1 aromatic rings. The highest BCUT2D eigenvalue weighted by Crippen LogP contribution is 2.15. The summed E-state index contributed by atoms with van der Waals surface area (Å²) in [5, 5.41) is 2.83. The fraction of sp³-hybridized carbons (Fsp3) is 0.400. The molecule has 0 bridgehead atoms. The van der Waals surface area contributed by atoms with Crippen LogP contribution in [-0.2, 0) is 4.74 Å². The monoisotopic (exact) mass is 219 g/mol. The summed E-state index contributed by atoms with van der Waals surface area (Å²) in [4.78, 5) is 0. The van der Waals surface area contributed by atoms with Crippen molar-refractivity contribution in [3.05, 3.63) is 29.8 Å². The van der Waals surface area contributed by atoms with Crippen molar-refractivity contribution in [1.29, 1.82) is 0 Å². The van der Waals surface area contributed by atoms with Crippen LogP contribution in [0.25, 0.3) is 0 Å². The number of hydrogen-bond acceptors (Lipinski definition) is 2. The summed E-state index contributed by atoms with van der Waals surface area (Å²) in [6, 6.07) is 7.40. The largest absolute Gasteiger partial charge is 0.522 e. The van der Waals surface area contributed by atoms with Crippen molar-refractivity contribution in [3.63, 3.8) is 0 Å². The van der Waals surface area contributed by atoms with Crippen molar-refractivity contribution in [2.45, 2.75) is 13.3 Å². The zero-order chi connectivity index (χ0) is 11.3. The van der Waals surface area contributed by atoms with Gasteiger partial charge in [-0.15, -0.1) is 13.2 Å². The van der Waals surface area contributed by atoms with Gasteiger partial charge in [0.2, 0.25) is 0 Å². The van der Waals surface area contributed by atoms with Crippen molar-refractivity contribution in [3.8, 4) is 0 Å². The molecule has 0 unspecified atom stereocenters. The van der Waals surface area contributed by atoms with Crippen molar-refractivity contribution in [1.82, 2.24) is 0 Å². The number of benzene rings is 1. The lowest BCUT2D eigenvalue weighted by Crippen LogP contribution is -2.19. The van der Waals surface area contributed by atoms with Gasteiger partial charge in [-0.3, -0.25) is 4.74 Å². The van der Waals surface area contributed by atoms with Crippen LogP contribution in [0.3, 0.4) is 0 Å². The van der Waals surface area contributed by atoms with Crippen LogP contribution in [0.1, 0.15) is 5.56 Å². The molecule has 0 heterocycles. The van der Waals surface area contributed by atoms with Gasteiger partial charge in [0.05, 0.1) is 6.61 Å². The van der Waals surface area contributed by atoms with Gasteiger partial charge >= 0.3 is 6.36 Å². The molecule has 1 N–H and O–H groups in total. The van der Waals surface area contributed by atoms with Crippen molar-refractivity contribution in [2.24, 2.45) is 0 Å². The average Bonchev–Trinajstić information content (AvgIpc) is 2.11. The standard InChI is InChI=1S/C10H12F3NO/c1-8-3-2-4-9(7-8)14-5-6-15-10(11,12)13/h2-4,7,14H,5-6H2,1H3. The van der Waals surface area contributed by atoms with E-state index in [2.05, 4.69) is 10.1 Å². The first kappa shape index (κ1) is 11.8. The Labute approximate surface area is 86.1 Å². The van der Waals surface area contributed by atoms with Gasteiger partial charge in [-0.2, -0.15) is 0 Å². The zero-order valence-electron chi connectivity index (χ0n) is 8.27. The second-order valence-corrected chi connectivity index (χ2v) is 3.09. The summed E-state index contributed by atoms with van der Waals surface area (Å²) in [6.45, 7) is 1.65. The minimum Gasteiger partial charge on any atom is -0.383 e. The smallest absolute Gasteiger partial charge is 0.383 e. The van der Waals surface area contributed by atoms with Crippen LogP contribution in [0.2, 0.25) is 0 Å². The Morgan fingerprint density at radius 2 is 2.07 bits per heavy atom. The van der Waals surface area contributed by atoms with Crippen LogP contribution in [-0.4, -0.2) is 19.5 Å². The molecule has 2 nitrogen and oxygen atoms in total. The third-order valence-electron chi connectivity index (χ3n) is 1.71. The quantitative estimate of drug-likeness (QED) is 0.786. The molecule has 0 aliphatic heterocycles. The number of alkyl halides is 3. The van der Waals surface area contributed by atoms with E-state index in [1.54, 1.807) is 6.07 Å². The third-order valence-corrected chi connectivity index (χ3v) is 1.71. The van der Waals surface area contributed by atoms with E-state index < -0.39 is 13.0 Å². The average molecular weight is 219 g/mol. The van der Waals surface area contributed by atoms with Crippen LogP contribution < -0.4 is 5.32 Å². The molecule has 0 aliphatic rings. The number of rotatable bonds is 4. The van der Waals surface area contributed by atoms with E-state index >= 15 is 0 Å². The molecule has 0 radical (unpaired) electrons. The summed E-state index contributed by atoms with van der Waals surface area (Å²) in [5.74, 6) is 0. The van der Waals surface area contributed by atoms with Gasteiger partial charge in [0.1, 0.15) is 0 Å². The van der Waals surface area contributed by atoms with Crippen LogP contribution in [0.15, 0.2) is 24.3 Å². The Morgan fingerprint density at radius 3 is 2.67 bits per heavy atom. The molecule has 1 rings (SSSR count). The van der Waals surface area contributed by atoms with Crippen LogP contribution in [0.5, 0.6) is 0 Å². The minimum atomic E-state index is -4.55. The summed E-state index contributed by atoms with van der Waals surface area (Å²) >= 11 is 0. The Morgan fingerprint density at radius 1 is 1.33 bits per heavy atom. The summed E-state index contributed by atoms with van der Waals surface area (Å²) < 4.78 is 38.4. The molecule has 0 fully saturated rings. The van der Waals surface area contributed by atoms with E-state index in [1.165, 1.54) is 0 Å². The van der Waals surface area contributed by atoms with Gasteiger partial charge < -0.3 is 5.32 Å². The Bertz CT molecular complexity index is 312. The predicted molar refractivity (Wildman–Crippen MR) is 51.7 cm³/mol. The molecule has 0 aromatic heterocycles. The van der Waals surface area contributed by atoms with Crippen LogP contribution in [0, 0.1) is 6.92 Å². The molecular formula is C10H12F3NO. The fourth-order valence-corrected chi connectivity index (χ4v) is 1.12. The molecule has 5 heteroatoms. The maximum absolute atomic E-state index is 11.6. The summed E-state index contributed by atoms with van der Waals surface area (Å²) in [6.07, 6.45) is -4.55. The van der Waals surface area contributed by atoms with E-state index in [4.69, 9.17) is 0 Å². The molecular weight excluding hydrogens is 207 g/mol. The maximum atomic E-state index is 11.6. The predicted octanol–water partition coefficient (Wildman–Crippen LogP) is 2.94. The van der Waals surface area contributed by atoms with Crippen molar-refractivity contribution >= 4 is 5.69 Å². The lowest BCUT2D eigenvalue weighted by Gasteiger charge is -2.09. The van der Waals surface area contributed by atoms with Crippen LogP contribution >= 0.6 is 0 Å². The number of hydrogen-bond donors (Lipinski definition) is 1. The summed E-state index contributed by atoms with van der Waals surface area (Å²) in [7, 11) is 0. The molecule has 15 heavy (non-hydrogen) atoms. The SMILES string of the molecule is Cc1cccc(NCCOC(F)(F)F)c1. The molecule has 0 atom stereocenters. The van der Waals surface area contributed by atoms with Gasteiger partial charge in [-0.05, 0) is 24.6 Å². The molecule has 1 aromatic carbocycles. The molecule has 0 amide bonds. The van der Waals surface area contributed by atoms with Crippen LogP contribution in [0.4, 0.5) is 18.9 Å². The number of aryl methyl sites for hydroxylation is 1. The zero-order valence-corrected chi connectivity index (χ0v) is 8.27.